The SMILES string of the molecule is CN(C)c1ccc(C2CC3(C)C(CCC3(O)C#CC(C)(C)C)C3OCC4=CC(=O)CCC4=C23)cc1. The molecule has 5 atom stereocenters. The molecule has 0 aromatic heterocycles. The molecule has 35 heavy (non-hydrogen) atoms. The quantitative estimate of drug-likeness (QED) is 0.583. The number of fused-ring (bicyclic) bond motifs is 4. The Bertz CT molecular complexity index is 1160. The number of carbonyl (C=O) groups excluding carboxylic acids is 1. The van der Waals surface area contributed by atoms with Crippen molar-refractivity contribution in [3.8, 4) is 11.8 Å². The summed E-state index contributed by atoms with van der Waals surface area (Å²) in [6, 6.07) is 8.81. The number of ketones is 1. The van der Waals surface area contributed by atoms with Gasteiger partial charge in [-0.2, -0.15) is 0 Å². The maximum Gasteiger partial charge on any atom is 0.156 e. The van der Waals surface area contributed by atoms with Gasteiger partial charge in [0, 0.05) is 43.0 Å². The molecule has 0 saturated heterocycles. The summed E-state index contributed by atoms with van der Waals surface area (Å²) in [5.74, 6) is 7.26. The molecule has 0 amide bonds. The van der Waals surface area contributed by atoms with E-state index in [0.717, 1.165) is 24.8 Å². The minimum Gasteiger partial charge on any atom is -0.378 e. The van der Waals surface area contributed by atoms with Crippen LogP contribution in [0.1, 0.15) is 71.3 Å². The van der Waals surface area contributed by atoms with Crippen LogP contribution >= 0.6 is 0 Å². The predicted molar refractivity (Wildman–Crippen MR) is 140 cm³/mol. The van der Waals surface area contributed by atoms with Crippen LogP contribution in [0.4, 0.5) is 5.69 Å². The van der Waals surface area contributed by atoms with E-state index in [4.69, 9.17) is 4.74 Å². The minimum atomic E-state index is -1.04. The topological polar surface area (TPSA) is 49.8 Å². The van der Waals surface area contributed by atoms with Gasteiger partial charge in [0.1, 0.15) is 5.60 Å². The van der Waals surface area contributed by atoms with Crippen molar-refractivity contribution in [1.29, 1.82) is 0 Å². The van der Waals surface area contributed by atoms with Gasteiger partial charge >= 0.3 is 0 Å². The lowest BCUT2D eigenvalue weighted by Gasteiger charge is -2.53. The molecule has 2 saturated carbocycles. The van der Waals surface area contributed by atoms with Crippen LogP contribution in [0.25, 0.3) is 0 Å². The van der Waals surface area contributed by atoms with E-state index in [9.17, 15) is 9.90 Å². The highest BCUT2D eigenvalue weighted by atomic mass is 16.5. The summed E-state index contributed by atoms with van der Waals surface area (Å²) in [5.41, 5.74) is 4.59. The number of nitrogens with zero attached hydrogens (tertiary/aromatic N) is 1. The van der Waals surface area contributed by atoms with Crippen LogP contribution in [0, 0.1) is 28.6 Å². The lowest BCUT2D eigenvalue weighted by atomic mass is 9.55. The summed E-state index contributed by atoms with van der Waals surface area (Å²) in [6.45, 7) is 9.02. The fourth-order valence-electron chi connectivity index (χ4n) is 6.82. The molecule has 1 aliphatic heterocycles. The molecule has 1 aromatic rings. The van der Waals surface area contributed by atoms with Gasteiger partial charge in [-0.25, -0.2) is 0 Å². The van der Waals surface area contributed by atoms with Crippen molar-refractivity contribution in [3.05, 3.63) is 52.6 Å². The first-order valence-electron chi connectivity index (χ1n) is 13.0. The van der Waals surface area contributed by atoms with Gasteiger partial charge in [0.15, 0.2) is 5.78 Å². The molecule has 5 rings (SSSR count). The van der Waals surface area contributed by atoms with Crippen LogP contribution < -0.4 is 4.90 Å². The monoisotopic (exact) mass is 473 g/mol. The van der Waals surface area contributed by atoms with E-state index in [0.29, 0.717) is 19.4 Å². The summed E-state index contributed by atoms with van der Waals surface area (Å²) in [6.07, 6.45) is 5.53. The summed E-state index contributed by atoms with van der Waals surface area (Å²) >= 11 is 0. The minimum absolute atomic E-state index is 0.0434. The molecule has 1 N–H and O–H groups in total. The number of benzene rings is 1. The molecule has 4 heteroatoms. The van der Waals surface area contributed by atoms with E-state index >= 15 is 0 Å². The highest BCUT2D eigenvalue weighted by Crippen LogP contribution is 2.64. The molecule has 1 heterocycles. The summed E-state index contributed by atoms with van der Waals surface area (Å²) in [5, 5.41) is 12.0. The molecule has 4 nitrogen and oxygen atoms in total. The second-order valence-electron chi connectivity index (χ2n) is 12.5. The molecule has 4 aliphatic rings. The third kappa shape index (κ3) is 4.07. The first-order valence-corrected chi connectivity index (χ1v) is 13.0. The normalized spacial score (nSPS) is 34.3. The Morgan fingerprint density at radius 1 is 1.14 bits per heavy atom. The van der Waals surface area contributed by atoms with Crippen molar-refractivity contribution in [1.82, 2.24) is 0 Å². The highest BCUT2D eigenvalue weighted by Gasteiger charge is 2.63. The zero-order chi connectivity index (χ0) is 25.2. The van der Waals surface area contributed by atoms with Crippen LogP contribution in [0.2, 0.25) is 0 Å². The summed E-state index contributed by atoms with van der Waals surface area (Å²) in [4.78, 5) is 14.3. The third-order valence-corrected chi connectivity index (χ3v) is 8.82. The maximum atomic E-state index is 12.2. The summed E-state index contributed by atoms with van der Waals surface area (Å²) < 4.78 is 6.59. The Balaban J connectivity index is 1.65. The zero-order valence-electron chi connectivity index (χ0n) is 22.1. The van der Waals surface area contributed by atoms with Gasteiger partial charge in [-0.1, -0.05) is 30.9 Å². The van der Waals surface area contributed by atoms with E-state index in [1.54, 1.807) is 0 Å². The second kappa shape index (κ2) is 8.36. The average Bonchev–Trinajstić information content (AvgIpc) is 3.07. The number of ether oxygens (including phenoxy) is 1. The molecule has 186 valence electrons. The molecule has 0 radical (unpaired) electrons. The zero-order valence-corrected chi connectivity index (χ0v) is 22.1. The van der Waals surface area contributed by atoms with Crippen LogP contribution in [0.5, 0.6) is 0 Å². The van der Waals surface area contributed by atoms with Gasteiger partial charge in [-0.3, -0.25) is 4.79 Å². The van der Waals surface area contributed by atoms with Crippen molar-refractivity contribution >= 4 is 11.5 Å². The number of carbonyl (C=O) groups is 1. The Morgan fingerprint density at radius 3 is 2.51 bits per heavy atom. The summed E-state index contributed by atoms with van der Waals surface area (Å²) in [7, 11) is 4.11. The van der Waals surface area contributed by atoms with Crippen molar-refractivity contribution in [2.24, 2.45) is 16.7 Å². The number of hydrogen-bond donors (Lipinski definition) is 1. The third-order valence-electron chi connectivity index (χ3n) is 8.82. The van der Waals surface area contributed by atoms with Gasteiger partial charge in [0.05, 0.1) is 12.7 Å². The smallest absolute Gasteiger partial charge is 0.156 e. The molecular formula is C31H39NO3. The van der Waals surface area contributed by atoms with E-state index in [2.05, 4.69) is 82.8 Å². The van der Waals surface area contributed by atoms with E-state index in [-0.39, 0.29) is 34.6 Å². The molecule has 0 spiro atoms. The average molecular weight is 474 g/mol. The Morgan fingerprint density at radius 2 is 1.86 bits per heavy atom. The number of allylic oxidation sites excluding steroid dienone is 1. The number of anilines is 1. The lowest BCUT2D eigenvalue weighted by molar-refractivity contribution is -0.115. The van der Waals surface area contributed by atoms with Crippen LogP contribution in [-0.2, 0) is 9.53 Å². The number of hydrogen-bond acceptors (Lipinski definition) is 4. The fourth-order valence-corrected chi connectivity index (χ4v) is 6.82. The van der Waals surface area contributed by atoms with Crippen LogP contribution in [0.3, 0.4) is 0 Å². The molecule has 2 fully saturated rings. The van der Waals surface area contributed by atoms with Gasteiger partial charge in [0.2, 0.25) is 0 Å². The number of rotatable bonds is 2. The Hall–Kier alpha value is -2.35. The Kier molecular flexibility index (Phi) is 5.81. The Labute approximate surface area is 210 Å². The first kappa shape index (κ1) is 24.3. The molecular weight excluding hydrogens is 434 g/mol. The lowest BCUT2D eigenvalue weighted by Crippen LogP contribution is -2.53. The molecule has 3 aliphatic carbocycles. The predicted octanol–water partition coefficient (Wildman–Crippen LogP) is 5.42. The molecule has 0 bridgehead atoms. The van der Waals surface area contributed by atoms with Crippen molar-refractivity contribution in [2.75, 3.05) is 25.6 Å². The van der Waals surface area contributed by atoms with Crippen LogP contribution in [0.15, 0.2) is 47.1 Å². The van der Waals surface area contributed by atoms with E-state index in [1.807, 2.05) is 6.08 Å². The molecule has 1 aromatic carbocycles. The second-order valence-corrected chi connectivity index (χ2v) is 12.5. The van der Waals surface area contributed by atoms with Gasteiger partial charge in [-0.15, -0.1) is 0 Å². The van der Waals surface area contributed by atoms with Gasteiger partial charge < -0.3 is 14.7 Å². The van der Waals surface area contributed by atoms with Crippen molar-refractivity contribution in [3.63, 3.8) is 0 Å². The van der Waals surface area contributed by atoms with E-state index < -0.39 is 5.60 Å². The van der Waals surface area contributed by atoms with Crippen molar-refractivity contribution < 1.29 is 14.6 Å². The van der Waals surface area contributed by atoms with Gasteiger partial charge in [-0.05, 0) is 92.9 Å². The van der Waals surface area contributed by atoms with E-state index in [1.165, 1.54) is 22.4 Å². The standard InChI is InChI=1S/C31H39NO3/c1-29(2,3)15-16-31(34)14-13-26-28-27(24-12-11-23(33)17-21(24)19-35-28)25(18-30(26,31)4)20-7-9-22(10-8-20)32(5)6/h7-10,17,25-26,28,34H,11-14,18-19H2,1-6H3. The highest BCUT2D eigenvalue weighted by molar-refractivity contribution is 5.93. The number of aliphatic hydroxyl groups is 1. The van der Waals surface area contributed by atoms with Crippen LogP contribution in [-0.4, -0.2) is 43.3 Å². The van der Waals surface area contributed by atoms with Crippen molar-refractivity contribution in [2.45, 2.75) is 77.4 Å². The first-order chi connectivity index (χ1) is 16.4. The maximum absolute atomic E-state index is 12.2. The fraction of sp³-hybridized carbons (Fsp3) is 0.581. The van der Waals surface area contributed by atoms with Gasteiger partial charge in [0.25, 0.3) is 0 Å². The molecule has 5 unspecified atom stereocenters. The largest absolute Gasteiger partial charge is 0.378 e.